The highest BCUT2D eigenvalue weighted by Crippen LogP contribution is 2.12. The highest BCUT2D eigenvalue weighted by atomic mass is 16.5. The molecule has 0 atom stereocenters. The quantitative estimate of drug-likeness (QED) is 0.712. The van der Waals surface area contributed by atoms with Crippen LogP contribution in [0.15, 0.2) is 6.07 Å². The van der Waals surface area contributed by atoms with Gasteiger partial charge in [0.2, 0.25) is 11.8 Å². The van der Waals surface area contributed by atoms with E-state index in [0.717, 1.165) is 38.0 Å². The van der Waals surface area contributed by atoms with Gasteiger partial charge in [-0.2, -0.15) is 4.98 Å². The molecule has 2 N–H and O–H groups in total. The molecule has 0 aromatic carbocycles. The molecule has 1 aromatic rings. The van der Waals surface area contributed by atoms with Crippen molar-refractivity contribution in [3.8, 4) is 5.88 Å². The van der Waals surface area contributed by atoms with Gasteiger partial charge in [-0.1, -0.05) is 6.92 Å². The van der Waals surface area contributed by atoms with Crippen LogP contribution in [0.2, 0.25) is 0 Å². The molecule has 0 bridgehead atoms. The monoisotopic (exact) mass is 294 g/mol. The fraction of sp³-hybridized carbons (Fsp3) is 0.733. The summed E-state index contributed by atoms with van der Waals surface area (Å²) in [5.41, 5.74) is 0.901. The van der Waals surface area contributed by atoms with Crippen molar-refractivity contribution in [1.82, 2.24) is 15.3 Å². The number of piperidine rings is 1. The minimum Gasteiger partial charge on any atom is -0.478 e. The summed E-state index contributed by atoms with van der Waals surface area (Å²) in [6, 6.07) is 1.85. The minimum absolute atomic E-state index is 0.384. The second kappa shape index (κ2) is 8.79. The fourth-order valence-corrected chi connectivity index (χ4v) is 2.25. The Balaban J connectivity index is 1.72. The number of nitrogens with one attached hydrogen (secondary N) is 2. The molecule has 1 aliphatic heterocycles. The van der Waals surface area contributed by atoms with Gasteiger partial charge < -0.3 is 20.1 Å². The molecule has 0 amide bonds. The van der Waals surface area contributed by atoms with Crippen molar-refractivity contribution in [2.75, 3.05) is 38.2 Å². The summed E-state index contributed by atoms with van der Waals surface area (Å²) < 4.78 is 11.4. The van der Waals surface area contributed by atoms with Gasteiger partial charge in [-0.15, -0.1) is 0 Å². The predicted octanol–water partition coefficient (Wildman–Crippen LogP) is 1.75. The van der Waals surface area contributed by atoms with Gasteiger partial charge >= 0.3 is 0 Å². The van der Waals surface area contributed by atoms with Gasteiger partial charge in [-0.25, -0.2) is 4.98 Å². The van der Waals surface area contributed by atoms with E-state index in [1.165, 1.54) is 0 Å². The molecule has 0 aliphatic carbocycles. The van der Waals surface area contributed by atoms with Gasteiger partial charge in [0, 0.05) is 18.3 Å². The first-order valence-electron chi connectivity index (χ1n) is 7.82. The van der Waals surface area contributed by atoms with E-state index in [9.17, 15) is 0 Å². The third-order valence-electron chi connectivity index (χ3n) is 3.31. The lowest BCUT2D eigenvalue weighted by atomic mass is 10.1. The van der Waals surface area contributed by atoms with Crippen LogP contribution in [-0.4, -0.2) is 48.9 Å². The smallest absolute Gasteiger partial charge is 0.226 e. The van der Waals surface area contributed by atoms with E-state index in [4.69, 9.17) is 9.47 Å². The van der Waals surface area contributed by atoms with E-state index in [1.807, 2.05) is 13.0 Å². The van der Waals surface area contributed by atoms with Crippen molar-refractivity contribution in [3.63, 3.8) is 0 Å². The Morgan fingerprint density at radius 2 is 2.10 bits per heavy atom. The number of hydrogen-bond donors (Lipinski definition) is 2. The van der Waals surface area contributed by atoms with Crippen LogP contribution in [0, 0.1) is 6.92 Å². The number of nitrogens with zero attached hydrogens (tertiary/aromatic N) is 2. The summed E-state index contributed by atoms with van der Waals surface area (Å²) >= 11 is 0. The van der Waals surface area contributed by atoms with Gasteiger partial charge in [-0.3, -0.25) is 0 Å². The maximum atomic E-state index is 5.84. The Labute approximate surface area is 126 Å². The molecule has 1 aromatic heterocycles. The Morgan fingerprint density at radius 1 is 1.29 bits per heavy atom. The molecule has 1 fully saturated rings. The molecule has 1 aliphatic rings. The van der Waals surface area contributed by atoms with Crippen LogP contribution >= 0.6 is 0 Å². The maximum Gasteiger partial charge on any atom is 0.226 e. The van der Waals surface area contributed by atoms with Gasteiger partial charge in [-0.05, 0) is 39.3 Å². The first kappa shape index (κ1) is 16.0. The summed E-state index contributed by atoms with van der Waals surface area (Å²) in [7, 11) is 0. The van der Waals surface area contributed by atoms with Crippen LogP contribution in [0.1, 0.15) is 31.9 Å². The van der Waals surface area contributed by atoms with Gasteiger partial charge in [0.1, 0.15) is 0 Å². The van der Waals surface area contributed by atoms with E-state index in [1.54, 1.807) is 0 Å². The van der Waals surface area contributed by atoms with E-state index in [0.29, 0.717) is 37.7 Å². The molecule has 118 valence electrons. The van der Waals surface area contributed by atoms with Crippen LogP contribution in [0.3, 0.4) is 0 Å². The lowest BCUT2D eigenvalue weighted by Gasteiger charge is -2.22. The zero-order valence-electron chi connectivity index (χ0n) is 13.0. The average molecular weight is 294 g/mol. The molecule has 0 spiro atoms. The largest absolute Gasteiger partial charge is 0.478 e. The van der Waals surface area contributed by atoms with E-state index in [2.05, 4.69) is 27.5 Å². The molecular formula is C15H26N4O2. The zero-order chi connectivity index (χ0) is 14.9. The van der Waals surface area contributed by atoms with Crippen molar-refractivity contribution in [3.05, 3.63) is 11.8 Å². The van der Waals surface area contributed by atoms with E-state index in [-0.39, 0.29) is 0 Å². The normalized spacial score (nSPS) is 15.9. The summed E-state index contributed by atoms with van der Waals surface area (Å²) in [5.74, 6) is 1.24. The van der Waals surface area contributed by atoms with Crippen LogP contribution in [-0.2, 0) is 4.74 Å². The molecule has 21 heavy (non-hydrogen) atoms. The van der Waals surface area contributed by atoms with Crippen molar-refractivity contribution in [2.24, 2.45) is 0 Å². The Morgan fingerprint density at radius 3 is 2.86 bits per heavy atom. The average Bonchev–Trinajstić information content (AvgIpc) is 2.50. The summed E-state index contributed by atoms with van der Waals surface area (Å²) in [4.78, 5) is 8.70. The lowest BCUT2D eigenvalue weighted by molar-refractivity contribution is 0.0393. The van der Waals surface area contributed by atoms with Crippen molar-refractivity contribution in [1.29, 1.82) is 0 Å². The molecule has 6 heteroatoms. The van der Waals surface area contributed by atoms with Crippen LogP contribution < -0.4 is 15.4 Å². The van der Waals surface area contributed by atoms with Crippen molar-refractivity contribution < 1.29 is 9.47 Å². The molecule has 2 heterocycles. The summed E-state index contributed by atoms with van der Waals surface area (Å²) in [6.07, 6.45) is 3.54. The van der Waals surface area contributed by atoms with Crippen molar-refractivity contribution in [2.45, 2.75) is 39.2 Å². The third-order valence-corrected chi connectivity index (χ3v) is 3.31. The van der Waals surface area contributed by atoms with E-state index >= 15 is 0 Å². The number of ether oxygens (including phenoxy) is 2. The molecule has 0 saturated carbocycles. The predicted molar refractivity (Wildman–Crippen MR) is 82.9 cm³/mol. The Bertz CT molecular complexity index is 422. The van der Waals surface area contributed by atoms with Crippen LogP contribution in [0.4, 0.5) is 5.95 Å². The summed E-state index contributed by atoms with van der Waals surface area (Å²) in [6.45, 7) is 8.18. The van der Waals surface area contributed by atoms with E-state index < -0.39 is 0 Å². The Hall–Kier alpha value is -1.40. The second-order valence-electron chi connectivity index (χ2n) is 5.27. The Kier molecular flexibility index (Phi) is 6.69. The highest BCUT2D eigenvalue weighted by Gasteiger charge is 2.12. The van der Waals surface area contributed by atoms with Crippen LogP contribution in [0.25, 0.3) is 0 Å². The molecule has 6 nitrogen and oxygen atoms in total. The molecular weight excluding hydrogens is 268 g/mol. The standard InChI is InChI=1S/C15H26N4O2/c1-3-9-21-14-11-12(2)18-15(19-14)17-8-10-20-13-4-6-16-7-5-13/h11,13,16H,3-10H2,1-2H3,(H,17,18,19). The van der Waals surface area contributed by atoms with Gasteiger partial charge in [0.05, 0.1) is 19.3 Å². The molecule has 1 saturated heterocycles. The minimum atomic E-state index is 0.384. The SMILES string of the molecule is CCCOc1cc(C)nc(NCCOC2CCNCC2)n1. The number of hydrogen-bond acceptors (Lipinski definition) is 6. The fourth-order valence-electron chi connectivity index (χ4n) is 2.25. The number of aromatic nitrogens is 2. The van der Waals surface area contributed by atoms with Crippen LogP contribution in [0.5, 0.6) is 5.88 Å². The topological polar surface area (TPSA) is 68.3 Å². The zero-order valence-corrected chi connectivity index (χ0v) is 13.0. The molecule has 0 unspecified atom stereocenters. The number of aryl methyl sites for hydroxylation is 1. The highest BCUT2D eigenvalue weighted by molar-refractivity contribution is 5.30. The summed E-state index contributed by atoms with van der Waals surface area (Å²) in [5, 5.41) is 6.53. The lowest BCUT2D eigenvalue weighted by Crippen LogP contribution is -2.33. The first-order chi connectivity index (χ1) is 10.3. The third kappa shape index (κ3) is 5.85. The first-order valence-corrected chi connectivity index (χ1v) is 7.82. The maximum absolute atomic E-state index is 5.84. The van der Waals surface area contributed by atoms with Gasteiger partial charge in [0.15, 0.2) is 0 Å². The second-order valence-corrected chi connectivity index (χ2v) is 5.27. The molecule has 0 radical (unpaired) electrons. The number of anilines is 1. The number of rotatable bonds is 8. The molecule has 2 rings (SSSR count). The van der Waals surface area contributed by atoms with Crippen molar-refractivity contribution >= 4 is 5.95 Å². The van der Waals surface area contributed by atoms with Gasteiger partial charge in [0.25, 0.3) is 0 Å².